The molecule has 3 aromatic rings. The van der Waals surface area contributed by atoms with Gasteiger partial charge in [0.2, 0.25) is 7.28 Å². The molecule has 6 rings (SSSR count). The number of allylic oxidation sites excluding steroid dienone is 2. The largest absolute Gasteiger partial charge is 0.458 e. The Kier molecular flexibility index (Phi) is 8.02. The zero-order valence-corrected chi connectivity index (χ0v) is 26.3. The number of aromatic nitrogens is 1. The lowest BCUT2D eigenvalue weighted by Crippen LogP contribution is -2.51. The third-order valence-corrected chi connectivity index (χ3v) is 9.59. The van der Waals surface area contributed by atoms with Crippen molar-refractivity contribution in [3.8, 4) is 11.5 Å². The number of nitrogens with one attached hydrogen (secondary N) is 3. The maximum absolute atomic E-state index is 15.1. The van der Waals surface area contributed by atoms with Crippen LogP contribution in [0.3, 0.4) is 0 Å². The number of ether oxygens (including phenoxy) is 1. The summed E-state index contributed by atoms with van der Waals surface area (Å²) in [6.45, 7) is 9.18. The standard InChI is InChI=1S/C33H39BF2N4O2S/c1-6-8-10-23-18-33(24-11-9-12-25(35)29(24)41-23)22(7-2)19-40-30(31(40)38-33)34-28-17-21-16-27(42-36)20(15-26(21)37-28)13-14-32(3,4)39-43-5/h7,9-12,15-17,34,37-39H,6,8,13-14,18-19H2,1-5H3/b22-7-,23-10-. The second-order valence-corrected chi connectivity index (χ2v) is 13.0. The van der Waals surface area contributed by atoms with Crippen LogP contribution in [0.2, 0.25) is 0 Å². The van der Waals surface area contributed by atoms with E-state index in [1.807, 2.05) is 18.4 Å². The second kappa shape index (κ2) is 11.6. The van der Waals surface area contributed by atoms with E-state index in [2.05, 4.69) is 70.8 Å². The molecule has 1 saturated heterocycles. The summed E-state index contributed by atoms with van der Waals surface area (Å²) in [5.41, 5.74) is 5.39. The Morgan fingerprint density at radius 3 is 2.86 bits per heavy atom. The SMILES string of the molecule is C/C=C1/CN2C(Bc3cc4cc(OF)c(CCC(C)(C)NSC)cc4[nH]3)=C2NC12C/C(=C/CCC)Oc1c(F)cccc12. The summed E-state index contributed by atoms with van der Waals surface area (Å²) in [6, 6.07) is 11.0. The van der Waals surface area contributed by atoms with Gasteiger partial charge in [0.15, 0.2) is 17.3 Å². The van der Waals surface area contributed by atoms with Gasteiger partial charge < -0.3 is 19.9 Å². The van der Waals surface area contributed by atoms with Gasteiger partial charge in [-0.3, -0.25) is 9.66 Å². The van der Waals surface area contributed by atoms with Crippen molar-refractivity contribution in [2.24, 2.45) is 0 Å². The molecule has 0 saturated carbocycles. The van der Waals surface area contributed by atoms with E-state index in [0.29, 0.717) is 25.9 Å². The van der Waals surface area contributed by atoms with Gasteiger partial charge in [-0.1, -0.05) is 43.5 Å². The number of hydrogen-bond acceptors (Lipinski definition) is 6. The van der Waals surface area contributed by atoms with Crippen molar-refractivity contribution in [2.75, 3.05) is 12.8 Å². The summed E-state index contributed by atoms with van der Waals surface area (Å²) in [5.74, 6) is 2.11. The van der Waals surface area contributed by atoms with Crippen molar-refractivity contribution >= 4 is 35.7 Å². The predicted molar refractivity (Wildman–Crippen MR) is 173 cm³/mol. The number of fused-ring (bicyclic) bond motifs is 4. The first kappa shape index (κ1) is 29.7. The van der Waals surface area contributed by atoms with Crippen molar-refractivity contribution < 1.29 is 18.6 Å². The van der Waals surface area contributed by atoms with Crippen molar-refractivity contribution in [1.82, 2.24) is 19.9 Å². The molecule has 0 amide bonds. The first-order chi connectivity index (χ1) is 20.7. The zero-order valence-electron chi connectivity index (χ0n) is 25.5. The number of H-pyrrole nitrogens is 1. The maximum Gasteiger partial charge on any atom is 0.239 e. The molecular weight excluding hydrogens is 565 g/mol. The smallest absolute Gasteiger partial charge is 0.239 e. The molecule has 3 N–H and O–H groups in total. The minimum absolute atomic E-state index is 0.0904. The second-order valence-electron chi connectivity index (χ2n) is 12.4. The maximum atomic E-state index is 15.1. The van der Waals surface area contributed by atoms with E-state index in [4.69, 9.17) is 4.74 Å². The average molecular weight is 605 g/mol. The Bertz CT molecular complexity index is 1650. The van der Waals surface area contributed by atoms with Gasteiger partial charge in [-0.15, -0.1) is 0 Å². The van der Waals surface area contributed by atoms with Gasteiger partial charge in [-0.25, -0.2) is 4.39 Å². The van der Waals surface area contributed by atoms with Crippen LogP contribution < -0.4 is 25.3 Å². The van der Waals surface area contributed by atoms with E-state index < -0.39 is 5.54 Å². The molecule has 10 heteroatoms. The molecule has 1 spiro atoms. The third kappa shape index (κ3) is 5.55. The molecule has 1 atom stereocenters. The van der Waals surface area contributed by atoms with Crippen LogP contribution >= 0.6 is 11.9 Å². The molecule has 0 aliphatic carbocycles. The highest BCUT2D eigenvalue weighted by Crippen LogP contribution is 2.52. The molecule has 2 aromatic carbocycles. The third-order valence-electron chi connectivity index (χ3n) is 8.83. The number of nitrogens with zero attached hydrogens (tertiary/aromatic N) is 1. The molecule has 43 heavy (non-hydrogen) atoms. The van der Waals surface area contributed by atoms with E-state index in [-0.39, 0.29) is 17.1 Å². The van der Waals surface area contributed by atoms with Gasteiger partial charge in [-0.2, -0.15) is 0 Å². The molecule has 1 unspecified atom stereocenters. The number of unbranched alkanes of at least 4 members (excludes halogenated alkanes) is 1. The molecule has 1 aromatic heterocycles. The molecular formula is C33H39BF2N4O2S. The number of aryl methyl sites for hydroxylation is 1. The number of hydrogen-bond donors (Lipinski definition) is 3. The van der Waals surface area contributed by atoms with Crippen LogP contribution in [0.5, 0.6) is 11.5 Å². The molecule has 6 nitrogen and oxygen atoms in total. The van der Waals surface area contributed by atoms with Crippen LogP contribution in [0, 0.1) is 5.82 Å². The fourth-order valence-corrected chi connectivity index (χ4v) is 7.18. The Balaban J connectivity index is 1.28. The molecule has 0 radical (unpaired) electrons. The van der Waals surface area contributed by atoms with E-state index >= 15 is 4.39 Å². The van der Waals surface area contributed by atoms with Crippen LogP contribution in [0.1, 0.15) is 64.5 Å². The van der Waals surface area contributed by atoms with Gasteiger partial charge in [0.25, 0.3) is 0 Å². The van der Waals surface area contributed by atoms with Gasteiger partial charge in [0, 0.05) is 50.7 Å². The molecule has 1 fully saturated rings. The lowest BCUT2D eigenvalue weighted by atomic mass is 9.73. The number of benzene rings is 2. The lowest BCUT2D eigenvalue weighted by Gasteiger charge is -2.45. The molecule has 0 bridgehead atoms. The average Bonchev–Trinajstić information content (AvgIpc) is 3.47. The summed E-state index contributed by atoms with van der Waals surface area (Å²) in [4.78, 5) is 10.2. The Labute approximate surface area is 257 Å². The highest BCUT2D eigenvalue weighted by Gasteiger charge is 2.52. The van der Waals surface area contributed by atoms with Crippen molar-refractivity contribution in [2.45, 2.75) is 70.9 Å². The first-order valence-electron chi connectivity index (χ1n) is 15.1. The summed E-state index contributed by atoms with van der Waals surface area (Å²) < 4.78 is 38.2. The topological polar surface area (TPSA) is 61.3 Å². The van der Waals surface area contributed by atoms with Crippen LogP contribution in [0.4, 0.5) is 8.92 Å². The van der Waals surface area contributed by atoms with E-state index in [1.165, 1.54) is 17.2 Å². The van der Waals surface area contributed by atoms with E-state index in [1.54, 1.807) is 24.1 Å². The quantitative estimate of drug-likeness (QED) is 0.138. The van der Waals surface area contributed by atoms with Crippen LogP contribution in [-0.4, -0.2) is 35.5 Å². The van der Waals surface area contributed by atoms with Crippen LogP contribution in [0.25, 0.3) is 10.9 Å². The fraction of sp³-hybridized carbons (Fsp3) is 0.394. The monoisotopic (exact) mass is 604 g/mol. The van der Waals surface area contributed by atoms with Gasteiger partial charge in [0.05, 0.1) is 5.54 Å². The van der Waals surface area contributed by atoms with Crippen molar-refractivity contribution in [1.29, 1.82) is 0 Å². The Hall–Kier alpha value is -3.37. The minimum atomic E-state index is -0.570. The van der Waals surface area contributed by atoms with Gasteiger partial charge in [0.1, 0.15) is 11.6 Å². The molecule has 226 valence electrons. The molecule has 3 aliphatic rings. The van der Waals surface area contributed by atoms with Crippen LogP contribution in [-0.2, 0) is 12.0 Å². The molecule has 3 aliphatic heterocycles. The minimum Gasteiger partial charge on any atom is -0.458 e. The highest BCUT2D eigenvalue weighted by molar-refractivity contribution is 7.96. The summed E-state index contributed by atoms with van der Waals surface area (Å²) in [7, 11) is 0.695. The van der Waals surface area contributed by atoms with Crippen molar-refractivity contribution in [3.63, 3.8) is 0 Å². The number of aromatic amines is 1. The van der Waals surface area contributed by atoms with E-state index in [9.17, 15) is 4.53 Å². The Morgan fingerprint density at radius 2 is 2.12 bits per heavy atom. The summed E-state index contributed by atoms with van der Waals surface area (Å²) in [5, 5.41) is 4.74. The first-order valence-corrected chi connectivity index (χ1v) is 16.3. The van der Waals surface area contributed by atoms with Gasteiger partial charge in [-0.05, 0) is 87.8 Å². The number of para-hydroxylation sites is 1. The van der Waals surface area contributed by atoms with Crippen molar-refractivity contribution in [3.05, 3.63) is 88.2 Å². The van der Waals surface area contributed by atoms with Gasteiger partial charge >= 0.3 is 0 Å². The normalized spacial score (nSPS) is 21.2. The lowest BCUT2D eigenvalue weighted by molar-refractivity contribution is -0.00723. The number of rotatable bonds is 10. The predicted octanol–water partition coefficient (Wildman–Crippen LogP) is 6.56. The summed E-state index contributed by atoms with van der Waals surface area (Å²) in [6.07, 6.45) is 10.3. The van der Waals surface area contributed by atoms with Crippen LogP contribution in [0.15, 0.2) is 71.3 Å². The summed E-state index contributed by atoms with van der Waals surface area (Å²) >= 11 is 1.58. The zero-order chi connectivity index (χ0) is 30.4. The number of halogens is 2. The highest BCUT2D eigenvalue weighted by atomic mass is 32.2. The molecule has 4 heterocycles. The van der Waals surface area contributed by atoms with E-state index in [0.717, 1.165) is 65.0 Å². The fourth-order valence-electron chi connectivity index (χ4n) is 6.53. The Morgan fingerprint density at radius 1 is 1.28 bits per heavy atom.